The summed E-state index contributed by atoms with van der Waals surface area (Å²) in [5.74, 6) is 5.35. The van der Waals surface area contributed by atoms with E-state index in [4.69, 9.17) is 5.11 Å². The predicted octanol–water partition coefficient (Wildman–Crippen LogP) is -0.325. The molecule has 0 bridgehead atoms. The summed E-state index contributed by atoms with van der Waals surface area (Å²) in [6.07, 6.45) is 1.40. The van der Waals surface area contributed by atoms with Crippen LogP contribution in [0.15, 0.2) is 30.6 Å². The molecule has 7 nitrogen and oxygen atoms in total. The second-order valence-corrected chi connectivity index (χ2v) is 4.42. The highest BCUT2D eigenvalue weighted by atomic mass is 16.2. The number of tetrazole rings is 1. The first-order valence-electron chi connectivity index (χ1n) is 6.32. The minimum atomic E-state index is -0.172. The van der Waals surface area contributed by atoms with Gasteiger partial charge in [-0.25, -0.2) is 4.68 Å². The number of rotatable bonds is 4. The Kier molecular flexibility index (Phi) is 5.01. The third-order valence-electron chi connectivity index (χ3n) is 2.77. The molecule has 0 radical (unpaired) electrons. The van der Waals surface area contributed by atoms with Gasteiger partial charge in [-0.2, -0.15) is 0 Å². The van der Waals surface area contributed by atoms with Crippen LogP contribution in [0.4, 0.5) is 0 Å². The number of carbonyl (C=O) groups is 1. The van der Waals surface area contributed by atoms with E-state index in [0.29, 0.717) is 6.54 Å². The molecule has 0 aliphatic carbocycles. The number of aromatic nitrogens is 4. The lowest BCUT2D eigenvalue weighted by Gasteiger charge is -2.17. The summed E-state index contributed by atoms with van der Waals surface area (Å²) in [5, 5.41) is 19.3. The first kappa shape index (κ1) is 14.7. The van der Waals surface area contributed by atoms with Crippen LogP contribution in [0, 0.1) is 11.8 Å². The first-order chi connectivity index (χ1) is 10.2. The molecule has 0 aliphatic heterocycles. The zero-order valence-corrected chi connectivity index (χ0v) is 11.6. The van der Waals surface area contributed by atoms with Crippen LogP contribution in [0.25, 0.3) is 0 Å². The van der Waals surface area contributed by atoms with Crippen molar-refractivity contribution in [3.05, 3.63) is 41.7 Å². The number of nitrogens with zero attached hydrogens (tertiary/aromatic N) is 5. The van der Waals surface area contributed by atoms with E-state index >= 15 is 0 Å². The van der Waals surface area contributed by atoms with Gasteiger partial charge in [-0.3, -0.25) is 4.79 Å². The fourth-order valence-electron chi connectivity index (χ4n) is 1.76. The van der Waals surface area contributed by atoms with E-state index in [1.54, 1.807) is 11.9 Å². The van der Waals surface area contributed by atoms with Crippen LogP contribution < -0.4 is 0 Å². The lowest BCUT2D eigenvalue weighted by Crippen LogP contribution is -2.30. The van der Waals surface area contributed by atoms with Gasteiger partial charge < -0.3 is 10.0 Å². The molecule has 0 saturated heterocycles. The molecule has 0 aliphatic rings. The molecule has 0 spiro atoms. The van der Waals surface area contributed by atoms with Crippen molar-refractivity contribution in [1.29, 1.82) is 0 Å². The Morgan fingerprint density at radius 3 is 3.05 bits per heavy atom. The van der Waals surface area contributed by atoms with Gasteiger partial charge in [0, 0.05) is 19.2 Å². The smallest absolute Gasteiger partial charge is 0.244 e. The molecule has 108 valence electrons. The quantitative estimate of drug-likeness (QED) is 0.778. The van der Waals surface area contributed by atoms with Crippen molar-refractivity contribution >= 4 is 5.91 Å². The van der Waals surface area contributed by atoms with Gasteiger partial charge in [0.25, 0.3) is 0 Å². The summed E-state index contributed by atoms with van der Waals surface area (Å²) in [6.45, 7) is 0.400. The number of benzene rings is 1. The van der Waals surface area contributed by atoms with Gasteiger partial charge in [0.05, 0.1) is 0 Å². The summed E-state index contributed by atoms with van der Waals surface area (Å²) < 4.78 is 1.38. The van der Waals surface area contributed by atoms with Gasteiger partial charge in [-0.1, -0.05) is 24.0 Å². The van der Waals surface area contributed by atoms with Crippen molar-refractivity contribution in [1.82, 2.24) is 25.1 Å². The third-order valence-corrected chi connectivity index (χ3v) is 2.77. The summed E-state index contributed by atoms with van der Waals surface area (Å²) in [7, 11) is 1.72. The van der Waals surface area contributed by atoms with Crippen LogP contribution in [0.2, 0.25) is 0 Å². The average Bonchev–Trinajstić information content (AvgIpc) is 2.98. The van der Waals surface area contributed by atoms with Crippen molar-refractivity contribution in [2.75, 3.05) is 13.7 Å². The second-order valence-electron chi connectivity index (χ2n) is 4.42. The lowest BCUT2D eigenvalue weighted by molar-refractivity contribution is -0.131. The summed E-state index contributed by atoms with van der Waals surface area (Å²) >= 11 is 0. The van der Waals surface area contributed by atoms with Crippen LogP contribution in [0.1, 0.15) is 11.1 Å². The second kappa shape index (κ2) is 7.17. The fourth-order valence-corrected chi connectivity index (χ4v) is 1.76. The fraction of sp³-hybridized carbons (Fsp3) is 0.286. The standard InChI is InChI=1S/C14H15N5O2/c1-18(14(21)10-19-11-15-16-17-19)9-13-5-2-4-12(8-13)6-3-7-20/h2,4-5,8,11,20H,7,9-10H2,1H3. The van der Waals surface area contributed by atoms with Crippen molar-refractivity contribution in [3.8, 4) is 11.8 Å². The molecule has 0 saturated carbocycles. The first-order valence-corrected chi connectivity index (χ1v) is 6.32. The summed E-state index contributed by atoms with van der Waals surface area (Å²) in [5.41, 5.74) is 1.77. The number of likely N-dealkylation sites (N-methyl/N-ethyl adjacent to an activating group) is 1. The van der Waals surface area contributed by atoms with Gasteiger partial charge in [0.1, 0.15) is 19.5 Å². The van der Waals surface area contributed by atoms with Crippen LogP contribution in [0.3, 0.4) is 0 Å². The molecule has 2 rings (SSSR count). The monoisotopic (exact) mass is 285 g/mol. The van der Waals surface area contributed by atoms with Crippen LogP contribution in [0.5, 0.6) is 0 Å². The molecular formula is C14H15N5O2. The summed E-state index contributed by atoms with van der Waals surface area (Å²) in [4.78, 5) is 13.6. The molecule has 1 aromatic carbocycles. The molecule has 21 heavy (non-hydrogen) atoms. The van der Waals surface area contributed by atoms with E-state index < -0.39 is 0 Å². The van der Waals surface area contributed by atoms with E-state index in [2.05, 4.69) is 27.4 Å². The van der Waals surface area contributed by atoms with E-state index in [9.17, 15) is 4.79 Å². The van der Waals surface area contributed by atoms with E-state index in [-0.39, 0.29) is 19.1 Å². The van der Waals surface area contributed by atoms with Gasteiger partial charge in [-0.05, 0) is 28.1 Å². The van der Waals surface area contributed by atoms with E-state index in [1.807, 2.05) is 24.3 Å². The molecular weight excluding hydrogens is 270 g/mol. The zero-order valence-electron chi connectivity index (χ0n) is 11.6. The predicted molar refractivity (Wildman–Crippen MR) is 74.7 cm³/mol. The highest BCUT2D eigenvalue weighted by Crippen LogP contribution is 2.07. The third kappa shape index (κ3) is 4.40. The van der Waals surface area contributed by atoms with Gasteiger partial charge >= 0.3 is 0 Å². The maximum atomic E-state index is 12.0. The minimum Gasteiger partial charge on any atom is -0.384 e. The maximum Gasteiger partial charge on any atom is 0.244 e. The SMILES string of the molecule is CN(Cc1cccc(C#CCO)c1)C(=O)Cn1cnnn1. The number of carbonyl (C=O) groups excluding carboxylic acids is 1. The van der Waals surface area contributed by atoms with E-state index in [1.165, 1.54) is 11.0 Å². The molecule has 1 aromatic heterocycles. The largest absolute Gasteiger partial charge is 0.384 e. The van der Waals surface area contributed by atoms with Gasteiger partial charge in [-0.15, -0.1) is 5.10 Å². The minimum absolute atomic E-state index is 0.0888. The number of aliphatic hydroxyl groups is 1. The molecule has 0 atom stereocenters. The molecule has 1 heterocycles. The van der Waals surface area contributed by atoms with Crippen molar-refractivity contribution in [2.24, 2.45) is 0 Å². The van der Waals surface area contributed by atoms with Gasteiger partial charge in [0.2, 0.25) is 5.91 Å². The Morgan fingerprint density at radius 1 is 1.48 bits per heavy atom. The summed E-state index contributed by atoms with van der Waals surface area (Å²) in [6, 6.07) is 7.54. The number of hydrogen-bond acceptors (Lipinski definition) is 5. The van der Waals surface area contributed by atoms with Crippen molar-refractivity contribution in [2.45, 2.75) is 13.1 Å². The Balaban J connectivity index is 1.98. The van der Waals surface area contributed by atoms with E-state index in [0.717, 1.165) is 11.1 Å². The Morgan fingerprint density at radius 2 is 2.33 bits per heavy atom. The number of amides is 1. The number of hydrogen-bond donors (Lipinski definition) is 1. The molecule has 0 unspecified atom stereocenters. The number of aliphatic hydroxyl groups excluding tert-OH is 1. The Bertz CT molecular complexity index is 657. The molecule has 1 amide bonds. The maximum absolute atomic E-state index is 12.0. The zero-order chi connectivity index (χ0) is 15.1. The van der Waals surface area contributed by atoms with Gasteiger partial charge in [0.15, 0.2) is 0 Å². The van der Waals surface area contributed by atoms with Crippen molar-refractivity contribution < 1.29 is 9.90 Å². The van der Waals surface area contributed by atoms with Crippen LogP contribution in [-0.2, 0) is 17.9 Å². The van der Waals surface area contributed by atoms with Crippen LogP contribution >= 0.6 is 0 Å². The lowest BCUT2D eigenvalue weighted by atomic mass is 10.1. The molecule has 7 heteroatoms. The Hall–Kier alpha value is -2.72. The molecule has 0 fully saturated rings. The Labute approximate surface area is 122 Å². The highest BCUT2D eigenvalue weighted by Gasteiger charge is 2.10. The topological polar surface area (TPSA) is 84.1 Å². The van der Waals surface area contributed by atoms with Crippen molar-refractivity contribution in [3.63, 3.8) is 0 Å². The average molecular weight is 285 g/mol. The molecule has 2 aromatic rings. The molecule has 1 N–H and O–H groups in total. The van der Waals surface area contributed by atoms with Crippen LogP contribution in [-0.4, -0.2) is 49.8 Å². The normalized spacial score (nSPS) is 9.81. The highest BCUT2D eigenvalue weighted by molar-refractivity contribution is 5.75.